The Morgan fingerprint density at radius 2 is 1.94 bits per heavy atom. The van der Waals surface area contributed by atoms with Crippen molar-refractivity contribution in [3.05, 3.63) is 35.1 Å². The fourth-order valence-corrected chi connectivity index (χ4v) is 1.53. The van der Waals surface area contributed by atoms with Crippen molar-refractivity contribution in [1.29, 1.82) is 0 Å². The lowest BCUT2D eigenvalue weighted by atomic mass is 9.95. The average molecular weight is 251 g/mol. The molecule has 2 atom stereocenters. The maximum Gasteiger partial charge on any atom is 0.416 e. The molecule has 3 N–H and O–H groups in total. The minimum absolute atomic E-state index is 0.189. The molecular formula is C11H13F4NO. The van der Waals surface area contributed by atoms with Crippen LogP contribution >= 0.6 is 0 Å². The predicted molar refractivity (Wildman–Crippen MR) is 54.6 cm³/mol. The summed E-state index contributed by atoms with van der Waals surface area (Å²) < 4.78 is 50.9. The highest BCUT2D eigenvalue weighted by Crippen LogP contribution is 2.35. The van der Waals surface area contributed by atoms with E-state index in [1.165, 1.54) is 0 Å². The molecule has 0 saturated carbocycles. The first-order valence-corrected chi connectivity index (χ1v) is 5.07. The number of aliphatic hydroxyl groups is 1. The van der Waals surface area contributed by atoms with Gasteiger partial charge in [0.15, 0.2) is 0 Å². The molecule has 0 bridgehead atoms. The number of nitrogens with two attached hydrogens (primary N) is 1. The van der Waals surface area contributed by atoms with Crippen LogP contribution in [0.4, 0.5) is 17.6 Å². The van der Waals surface area contributed by atoms with E-state index in [0.29, 0.717) is 12.1 Å². The van der Waals surface area contributed by atoms with Crippen LogP contribution in [0.3, 0.4) is 0 Å². The Morgan fingerprint density at radius 1 is 1.35 bits per heavy atom. The lowest BCUT2D eigenvalue weighted by Crippen LogP contribution is -2.28. The van der Waals surface area contributed by atoms with Crippen LogP contribution in [0.1, 0.15) is 30.5 Å². The van der Waals surface area contributed by atoms with Crippen LogP contribution < -0.4 is 5.73 Å². The Labute approximate surface area is 96.1 Å². The van der Waals surface area contributed by atoms with E-state index in [-0.39, 0.29) is 6.42 Å². The Kier molecular flexibility index (Phi) is 4.11. The van der Waals surface area contributed by atoms with Gasteiger partial charge in [0, 0.05) is 0 Å². The van der Waals surface area contributed by atoms with Gasteiger partial charge in [0.2, 0.25) is 0 Å². The Hall–Kier alpha value is -1.14. The summed E-state index contributed by atoms with van der Waals surface area (Å²) >= 11 is 0. The molecule has 0 radical (unpaired) electrons. The first-order valence-electron chi connectivity index (χ1n) is 5.07. The second kappa shape index (κ2) is 5.01. The van der Waals surface area contributed by atoms with E-state index in [4.69, 9.17) is 5.73 Å². The summed E-state index contributed by atoms with van der Waals surface area (Å²) in [5, 5.41) is 9.45. The van der Waals surface area contributed by atoms with E-state index in [0.717, 1.165) is 6.07 Å². The van der Waals surface area contributed by atoms with Crippen molar-refractivity contribution in [2.75, 3.05) is 0 Å². The number of benzene rings is 1. The van der Waals surface area contributed by atoms with Crippen LogP contribution in [0.15, 0.2) is 18.2 Å². The van der Waals surface area contributed by atoms with E-state index >= 15 is 0 Å². The fraction of sp³-hybridized carbons (Fsp3) is 0.455. The van der Waals surface area contributed by atoms with Gasteiger partial charge in [-0.3, -0.25) is 0 Å². The summed E-state index contributed by atoms with van der Waals surface area (Å²) in [7, 11) is 0. The van der Waals surface area contributed by atoms with Gasteiger partial charge < -0.3 is 10.8 Å². The molecule has 0 unspecified atom stereocenters. The zero-order chi connectivity index (χ0) is 13.2. The van der Waals surface area contributed by atoms with Gasteiger partial charge in [0.25, 0.3) is 0 Å². The quantitative estimate of drug-likeness (QED) is 0.811. The van der Waals surface area contributed by atoms with Crippen molar-refractivity contribution in [2.24, 2.45) is 5.73 Å². The number of hydrogen-bond acceptors (Lipinski definition) is 2. The van der Waals surface area contributed by atoms with E-state index in [1.54, 1.807) is 6.92 Å². The van der Waals surface area contributed by atoms with Gasteiger partial charge in [-0.2, -0.15) is 13.2 Å². The standard InChI is InChI=1S/C11H13F4NO/c1-2-9(17)10(16)7-5-6(12)3-4-8(7)11(13,14)15/h3-5,9-10,17H,2,16H2,1H3/t9-,10+/m1/s1. The van der Waals surface area contributed by atoms with Gasteiger partial charge in [-0.15, -0.1) is 0 Å². The molecule has 0 fully saturated rings. The third-order valence-electron chi connectivity index (χ3n) is 2.51. The third kappa shape index (κ3) is 3.17. The monoisotopic (exact) mass is 251 g/mol. The molecule has 0 saturated heterocycles. The van der Waals surface area contributed by atoms with Crippen LogP contribution in [0.25, 0.3) is 0 Å². The largest absolute Gasteiger partial charge is 0.416 e. The summed E-state index contributed by atoms with van der Waals surface area (Å²) in [5.74, 6) is -0.813. The maximum absolute atomic E-state index is 13.0. The third-order valence-corrected chi connectivity index (χ3v) is 2.51. The molecule has 96 valence electrons. The van der Waals surface area contributed by atoms with E-state index < -0.39 is 35.3 Å². The van der Waals surface area contributed by atoms with E-state index in [1.807, 2.05) is 0 Å². The first-order chi connectivity index (χ1) is 7.77. The van der Waals surface area contributed by atoms with Crippen LogP contribution in [0.5, 0.6) is 0 Å². The SMILES string of the molecule is CC[C@@H](O)[C@@H](N)c1cc(F)ccc1C(F)(F)F. The van der Waals surface area contributed by atoms with Gasteiger partial charge in [-0.1, -0.05) is 6.92 Å². The van der Waals surface area contributed by atoms with Gasteiger partial charge in [-0.25, -0.2) is 4.39 Å². The maximum atomic E-state index is 13.0. The van der Waals surface area contributed by atoms with Crippen molar-refractivity contribution in [3.8, 4) is 0 Å². The normalized spacial score (nSPS) is 15.7. The summed E-state index contributed by atoms with van der Waals surface area (Å²) in [6, 6.07) is 0.809. The molecule has 2 nitrogen and oxygen atoms in total. The van der Waals surface area contributed by atoms with Gasteiger partial charge in [0.05, 0.1) is 17.7 Å². The van der Waals surface area contributed by atoms with Crippen molar-refractivity contribution in [2.45, 2.75) is 31.7 Å². The second-order valence-corrected chi connectivity index (χ2v) is 3.73. The van der Waals surface area contributed by atoms with Crippen molar-refractivity contribution < 1.29 is 22.7 Å². The van der Waals surface area contributed by atoms with Gasteiger partial charge >= 0.3 is 6.18 Å². The number of alkyl halides is 3. The summed E-state index contributed by atoms with van der Waals surface area (Å²) in [5.41, 5.74) is 4.06. The number of aliphatic hydroxyl groups excluding tert-OH is 1. The number of rotatable bonds is 3. The molecule has 6 heteroatoms. The highest BCUT2D eigenvalue weighted by atomic mass is 19.4. The molecule has 0 spiro atoms. The molecule has 1 aromatic rings. The van der Waals surface area contributed by atoms with Gasteiger partial charge in [-0.05, 0) is 30.2 Å². The van der Waals surface area contributed by atoms with Crippen LogP contribution in [-0.2, 0) is 6.18 Å². The Bertz CT molecular complexity index is 392. The van der Waals surface area contributed by atoms with E-state index in [9.17, 15) is 22.7 Å². The molecule has 17 heavy (non-hydrogen) atoms. The lowest BCUT2D eigenvalue weighted by molar-refractivity contribution is -0.138. The average Bonchev–Trinajstić information content (AvgIpc) is 2.25. The smallest absolute Gasteiger partial charge is 0.391 e. The molecular weight excluding hydrogens is 238 g/mol. The Balaban J connectivity index is 3.25. The van der Waals surface area contributed by atoms with E-state index in [2.05, 4.69) is 0 Å². The summed E-state index contributed by atoms with van der Waals surface area (Å²) in [6.07, 6.45) is -5.57. The number of hydrogen-bond donors (Lipinski definition) is 2. The molecule has 0 heterocycles. The highest BCUT2D eigenvalue weighted by Gasteiger charge is 2.35. The minimum Gasteiger partial charge on any atom is -0.391 e. The molecule has 1 rings (SSSR count). The predicted octanol–water partition coefficient (Wildman–Crippen LogP) is 2.62. The van der Waals surface area contributed by atoms with Crippen LogP contribution in [-0.4, -0.2) is 11.2 Å². The zero-order valence-electron chi connectivity index (χ0n) is 9.13. The fourth-order valence-electron chi connectivity index (χ4n) is 1.53. The highest BCUT2D eigenvalue weighted by molar-refractivity contribution is 5.33. The van der Waals surface area contributed by atoms with Crippen molar-refractivity contribution >= 4 is 0 Å². The van der Waals surface area contributed by atoms with Crippen molar-refractivity contribution in [3.63, 3.8) is 0 Å². The molecule has 0 aromatic heterocycles. The van der Waals surface area contributed by atoms with Crippen LogP contribution in [0, 0.1) is 5.82 Å². The lowest BCUT2D eigenvalue weighted by Gasteiger charge is -2.21. The first kappa shape index (κ1) is 13.9. The second-order valence-electron chi connectivity index (χ2n) is 3.73. The molecule has 0 aliphatic carbocycles. The topological polar surface area (TPSA) is 46.2 Å². The van der Waals surface area contributed by atoms with Crippen LogP contribution in [0.2, 0.25) is 0 Å². The summed E-state index contributed by atoms with van der Waals surface area (Å²) in [4.78, 5) is 0. The Morgan fingerprint density at radius 3 is 2.41 bits per heavy atom. The molecule has 0 aliphatic rings. The zero-order valence-corrected chi connectivity index (χ0v) is 9.13. The minimum atomic E-state index is -4.62. The number of halogens is 4. The van der Waals surface area contributed by atoms with Crippen molar-refractivity contribution in [1.82, 2.24) is 0 Å². The molecule has 0 amide bonds. The molecule has 0 aliphatic heterocycles. The molecule has 1 aromatic carbocycles. The summed E-state index contributed by atoms with van der Waals surface area (Å²) in [6.45, 7) is 1.58. The van der Waals surface area contributed by atoms with Gasteiger partial charge in [0.1, 0.15) is 5.82 Å².